The normalized spacial score (nSPS) is 19.4. The van der Waals surface area contributed by atoms with Crippen LogP contribution in [0, 0.1) is 0 Å². The van der Waals surface area contributed by atoms with E-state index in [0.29, 0.717) is 13.2 Å². The first kappa shape index (κ1) is 18.0. The Morgan fingerprint density at radius 3 is 3.00 bits per heavy atom. The number of carbonyl (C=O) groups is 1. The molecule has 0 spiro atoms. The van der Waals surface area contributed by atoms with Gasteiger partial charge in [-0.05, 0) is 67.3 Å². The summed E-state index contributed by atoms with van der Waals surface area (Å²) in [6.45, 7) is 1.97. The zero-order valence-electron chi connectivity index (χ0n) is 15.7. The lowest BCUT2D eigenvalue weighted by Crippen LogP contribution is -2.45. The Bertz CT molecular complexity index is 778. The van der Waals surface area contributed by atoms with Gasteiger partial charge in [-0.1, -0.05) is 18.2 Å². The quantitative estimate of drug-likeness (QED) is 0.885. The molecule has 4 rings (SSSR count). The molecule has 2 amide bonds. The third-order valence-electron chi connectivity index (χ3n) is 5.51. The van der Waals surface area contributed by atoms with Crippen molar-refractivity contribution in [3.8, 4) is 0 Å². The van der Waals surface area contributed by atoms with Gasteiger partial charge < -0.3 is 15.0 Å². The number of hydrogen-bond donors (Lipinski definition) is 1. The summed E-state index contributed by atoms with van der Waals surface area (Å²) in [7, 11) is 0. The molecule has 1 unspecified atom stereocenters. The van der Waals surface area contributed by atoms with Gasteiger partial charge in [-0.15, -0.1) is 0 Å². The highest BCUT2D eigenvalue weighted by Crippen LogP contribution is 2.28. The van der Waals surface area contributed by atoms with E-state index in [-0.39, 0.29) is 12.1 Å². The number of anilines is 1. The average molecular weight is 365 g/mol. The number of nitrogens with one attached hydrogen (secondary N) is 1. The molecule has 0 bridgehead atoms. The van der Waals surface area contributed by atoms with E-state index in [0.717, 1.165) is 43.5 Å². The number of amides is 2. The molecule has 1 aromatic carbocycles. The predicted octanol–water partition coefficient (Wildman–Crippen LogP) is 4.17. The maximum Gasteiger partial charge on any atom is 0.321 e. The number of fused-ring (bicyclic) bond motifs is 1. The third-order valence-corrected chi connectivity index (χ3v) is 5.51. The molecule has 1 N–H and O–H groups in total. The Hall–Kier alpha value is -2.40. The third kappa shape index (κ3) is 4.48. The molecule has 0 radical (unpaired) electrons. The van der Waals surface area contributed by atoms with E-state index in [1.54, 1.807) is 6.20 Å². The molecule has 2 aliphatic rings. The monoisotopic (exact) mass is 365 g/mol. The van der Waals surface area contributed by atoms with Crippen molar-refractivity contribution in [1.29, 1.82) is 0 Å². The Morgan fingerprint density at radius 1 is 1.19 bits per heavy atom. The number of urea groups is 1. The molecule has 1 fully saturated rings. The molecule has 5 heteroatoms. The van der Waals surface area contributed by atoms with Crippen LogP contribution in [0.5, 0.6) is 0 Å². The number of likely N-dealkylation sites (tertiary alicyclic amines) is 1. The van der Waals surface area contributed by atoms with Gasteiger partial charge in [-0.2, -0.15) is 0 Å². The van der Waals surface area contributed by atoms with Crippen LogP contribution >= 0.6 is 0 Å². The second-order valence-corrected chi connectivity index (χ2v) is 7.46. The summed E-state index contributed by atoms with van der Waals surface area (Å²) in [4.78, 5) is 18.8. The topological polar surface area (TPSA) is 54.5 Å². The van der Waals surface area contributed by atoms with Gasteiger partial charge in [0.05, 0.1) is 12.7 Å². The summed E-state index contributed by atoms with van der Waals surface area (Å²) in [5.41, 5.74) is 4.75. The van der Waals surface area contributed by atoms with Gasteiger partial charge in [-0.3, -0.25) is 4.98 Å². The molecule has 2 heterocycles. The summed E-state index contributed by atoms with van der Waals surface area (Å²) < 4.78 is 6.03. The molecule has 1 aromatic heterocycles. The number of carbonyl (C=O) groups excluding carboxylic acids is 1. The summed E-state index contributed by atoms with van der Waals surface area (Å²) in [6.07, 6.45) is 10.2. The van der Waals surface area contributed by atoms with E-state index >= 15 is 0 Å². The SMILES string of the molecule is O=C(Nc1cccc2c1CCCC2)N1CCCC(OCc2cccnc2)C1. The molecular weight excluding hydrogens is 338 g/mol. The van der Waals surface area contributed by atoms with E-state index in [4.69, 9.17) is 4.74 Å². The zero-order valence-corrected chi connectivity index (χ0v) is 15.7. The summed E-state index contributed by atoms with van der Waals surface area (Å²) >= 11 is 0. The van der Waals surface area contributed by atoms with Crippen molar-refractivity contribution in [2.75, 3.05) is 18.4 Å². The Morgan fingerprint density at radius 2 is 2.11 bits per heavy atom. The molecule has 1 atom stereocenters. The Kier molecular flexibility index (Phi) is 5.68. The number of pyridine rings is 1. The van der Waals surface area contributed by atoms with Crippen molar-refractivity contribution in [3.05, 3.63) is 59.4 Å². The number of ether oxygens (including phenoxy) is 1. The lowest BCUT2D eigenvalue weighted by molar-refractivity contribution is 0.000914. The van der Waals surface area contributed by atoms with E-state index in [9.17, 15) is 4.79 Å². The standard InChI is InChI=1S/C22H27N3O2/c26-22(24-21-11-3-8-18-7-1-2-10-20(18)21)25-13-5-9-19(15-25)27-16-17-6-4-12-23-14-17/h3-4,6,8,11-12,14,19H,1-2,5,7,9-10,13,15-16H2,(H,24,26). The zero-order chi connectivity index (χ0) is 18.5. The van der Waals surface area contributed by atoms with E-state index in [1.807, 2.05) is 29.3 Å². The predicted molar refractivity (Wildman–Crippen MR) is 106 cm³/mol. The fourth-order valence-electron chi connectivity index (χ4n) is 4.05. The molecule has 27 heavy (non-hydrogen) atoms. The molecular formula is C22H27N3O2. The minimum Gasteiger partial charge on any atom is -0.372 e. The van der Waals surface area contributed by atoms with Gasteiger partial charge in [0.2, 0.25) is 0 Å². The van der Waals surface area contributed by atoms with Gasteiger partial charge in [-0.25, -0.2) is 4.79 Å². The second kappa shape index (κ2) is 8.53. The van der Waals surface area contributed by atoms with Crippen molar-refractivity contribution in [3.63, 3.8) is 0 Å². The molecule has 2 aromatic rings. The van der Waals surface area contributed by atoms with Crippen molar-refractivity contribution < 1.29 is 9.53 Å². The summed E-state index contributed by atoms with van der Waals surface area (Å²) in [6, 6.07) is 10.2. The summed E-state index contributed by atoms with van der Waals surface area (Å²) in [5, 5.41) is 3.16. The highest BCUT2D eigenvalue weighted by atomic mass is 16.5. The molecule has 1 aliphatic carbocycles. The second-order valence-electron chi connectivity index (χ2n) is 7.46. The van der Waals surface area contributed by atoms with E-state index in [1.165, 1.54) is 24.0 Å². The Labute approximate surface area is 160 Å². The van der Waals surface area contributed by atoms with Crippen molar-refractivity contribution in [1.82, 2.24) is 9.88 Å². The van der Waals surface area contributed by atoms with Crippen LogP contribution in [0.2, 0.25) is 0 Å². The van der Waals surface area contributed by atoms with Gasteiger partial charge >= 0.3 is 6.03 Å². The Balaban J connectivity index is 1.35. The van der Waals surface area contributed by atoms with Crippen molar-refractivity contribution >= 4 is 11.7 Å². The minimum absolute atomic E-state index is 0.0105. The average Bonchev–Trinajstić information content (AvgIpc) is 2.73. The van der Waals surface area contributed by atoms with Crippen LogP contribution in [0.3, 0.4) is 0 Å². The van der Waals surface area contributed by atoms with Gasteiger partial charge in [0, 0.05) is 31.2 Å². The molecule has 142 valence electrons. The van der Waals surface area contributed by atoms with E-state index in [2.05, 4.69) is 22.4 Å². The maximum atomic E-state index is 12.8. The molecule has 1 aliphatic heterocycles. The number of rotatable bonds is 4. The highest BCUT2D eigenvalue weighted by molar-refractivity contribution is 5.90. The van der Waals surface area contributed by atoms with Gasteiger partial charge in [0.1, 0.15) is 0 Å². The van der Waals surface area contributed by atoms with Crippen LogP contribution in [-0.4, -0.2) is 35.1 Å². The molecule has 1 saturated heterocycles. The molecule has 5 nitrogen and oxygen atoms in total. The maximum absolute atomic E-state index is 12.8. The van der Waals surface area contributed by atoms with Gasteiger partial charge in [0.15, 0.2) is 0 Å². The number of hydrogen-bond acceptors (Lipinski definition) is 3. The van der Waals surface area contributed by atoms with Crippen molar-refractivity contribution in [2.24, 2.45) is 0 Å². The fourth-order valence-corrected chi connectivity index (χ4v) is 4.05. The number of piperidine rings is 1. The van der Waals surface area contributed by atoms with Crippen LogP contribution in [0.25, 0.3) is 0 Å². The van der Waals surface area contributed by atoms with Crippen LogP contribution in [-0.2, 0) is 24.2 Å². The lowest BCUT2D eigenvalue weighted by Gasteiger charge is -2.33. The number of aromatic nitrogens is 1. The van der Waals surface area contributed by atoms with Crippen LogP contribution < -0.4 is 5.32 Å². The smallest absolute Gasteiger partial charge is 0.321 e. The first-order chi connectivity index (χ1) is 13.3. The van der Waals surface area contributed by atoms with Crippen LogP contribution in [0.15, 0.2) is 42.7 Å². The largest absolute Gasteiger partial charge is 0.372 e. The first-order valence-electron chi connectivity index (χ1n) is 9.97. The number of aryl methyl sites for hydroxylation is 1. The lowest BCUT2D eigenvalue weighted by atomic mass is 9.90. The van der Waals surface area contributed by atoms with Crippen LogP contribution in [0.1, 0.15) is 42.4 Å². The highest BCUT2D eigenvalue weighted by Gasteiger charge is 2.25. The van der Waals surface area contributed by atoms with E-state index < -0.39 is 0 Å². The van der Waals surface area contributed by atoms with Crippen LogP contribution in [0.4, 0.5) is 10.5 Å². The molecule has 0 saturated carbocycles. The fraction of sp³-hybridized carbons (Fsp3) is 0.455. The number of nitrogens with zero attached hydrogens (tertiary/aromatic N) is 2. The van der Waals surface area contributed by atoms with Gasteiger partial charge in [0.25, 0.3) is 0 Å². The van der Waals surface area contributed by atoms with Crippen molar-refractivity contribution in [2.45, 2.75) is 51.2 Å². The number of benzene rings is 1. The first-order valence-corrected chi connectivity index (χ1v) is 9.97. The summed E-state index contributed by atoms with van der Waals surface area (Å²) in [5.74, 6) is 0. The minimum atomic E-state index is -0.0105.